The van der Waals surface area contributed by atoms with E-state index < -0.39 is 15.6 Å². The number of carboxylic acid groups (broad SMARTS) is 1. The maximum absolute atomic E-state index is 12.0. The van der Waals surface area contributed by atoms with E-state index in [0.29, 0.717) is 6.42 Å². The van der Waals surface area contributed by atoms with Crippen molar-refractivity contribution in [2.75, 3.05) is 12.5 Å². The van der Waals surface area contributed by atoms with Crippen LogP contribution in [0.1, 0.15) is 18.9 Å². The minimum atomic E-state index is -2.13. The summed E-state index contributed by atoms with van der Waals surface area (Å²) in [6, 6.07) is 9.41. The lowest BCUT2D eigenvalue weighted by atomic mass is 9.95. The third-order valence-corrected chi connectivity index (χ3v) is 16.8. The average Bonchev–Trinajstić information content (AvgIpc) is 2.40. The van der Waals surface area contributed by atoms with Crippen LogP contribution >= 0.6 is 27.2 Å². The van der Waals surface area contributed by atoms with E-state index in [9.17, 15) is 9.90 Å². The van der Waals surface area contributed by atoms with Crippen LogP contribution < -0.4 is 0 Å². The van der Waals surface area contributed by atoms with E-state index in [1.807, 2.05) is 49.8 Å². The predicted octanol–water partition coefficient (Wildman–Crippen LogP) is 4.41. The number of benzene rings is 1. The van der Waals surface area contributed by atoms with Crippen molar-refractivity contribution in [1.82, 2.24) is 0 Å². The second-order valence-corrected chi connectivity index (χ2v) is 15.4. The number of carboxylic acids is 1. The number of carbonyl (C=O) groups is 1. The summed E-state index contributed by atoms with van der Waals surface area (Å²) in [6.07, 6.45) is 4.37. The Hall–Kier alpha value is 0.0400. The number of hydrogen-bond acceptors (Lipinski definition) is 4. The first-order chi connectivity index (χ1) is 8.48. The highest BCUT2D eigenvalue weighted by atomic mass is 33.2. The Morgan fingerprint density at radius 2 is 1.83 bits per heavy atom. The highest BCUT2D eigenvalue weighted by molar-refractivity contribution is 9.00. The quantitative estimate of drug-likeness (QED) is 0.786. The summed E-state index contributed by atoms with van der Waals surface area (Å²) >= 11 is 8.82. The first-order valence-electron chi connectivity index (χ1n) is 5.49. The van der Waals surface area contributed by atoms with Gasteiger partial charge in [0.2, 0.25) is 0 Å². The summed E-state index contributed by atoms with van der Waals surface area (Å²) in [5.74, 6) is -0.803. The Kier molecular flexibility index (Phi) is 5.78. The molecule has 1 N–H and O–H groups in total. The minimum absolute atomic E-state index is 0.519. The molecule has 0 amide bonds. The van der Waals surface area contributed by atoms with Gasteiger partial charge in [0, 0.05) is 0 Å². The maximum Gasteiger partial charge on any atom is 0.320 e. The first-order valence-corrected chi connectivity index (χ1v) is 11.9. The molecular weight excluding hydrogens is 303 g/mol. The molecule has 18 heavy (non-hydrogen) atoms. The zero-order valence-electron chi connectivity index (χ0n) is 10.6. The molecular formula is C12H17O2PS3. The Labute approximate surface area is 121 Å². The summed E-state index contributed by atoms with van der Waals surface area (Å²) in [5, 5.41) is 8.87. The molecule has 1 rings (SSSR count). The molecule has 0 spiro atoms. The molecule has 0 saturated carbocycles. The minimum Gasteiger partial charge on any atom is -0.480 e. The van der Waals surface area contributed by atoms with Gasteiger partial charge in [-0.2, -0.15) is 0 Å². The van der Waals surface area contributed by atoms with Gasteiger partial charge in [0.1, 0.15) is 5.16 Å². The van der Waals surface area contributed by atoms with Crippen molar-refractivity contribution in [3.05, 3.63) is 35.9 Å². The smallest absolute Gasteiger partial charge is 0.320 e. The topological polar surface area (TPSA) is 37.3 Å². The molecule has 0 aliphatic carbocycles. The van der Waals surface area contributed by atoms with Crippen molar-refractivity contribution < 1.29 is 9.90 Å². The molecule has 1 aromatic carbocycles. The lowest BCUT2D eigenvalue weighted by molar-refractivity contribution is -0.140. The second kappa shape index (κ2) is 6.47. The van der Waals surface area contributed by atoms with Crippen LogP contribution in [-0.4, -0.2) is 23.6 Å². The maximum atomic E-state index is 12.0. The zero-order valence-corrected chi connectivity index (χ0v) is 14.0. The van der Waals surface area contributed by atoms with E-state index in [-0.39, 0.29) is 0 Å². The molecule has 0 aliphatic rings. The number of hydrogen-bond donors (Lipinski definition) is 1. The van der Waals surface area contributed by atoms with Crippen LogP contribution in [0, 0.1) is 0 Å². The van der Waals surface area contributed by atoms with Crippen molar-refractivity contribution in [1.29, 1.82) is 0 Å². The van der Waals surface area contributed by atoms with Crippen molar-refractivity contribution in [2.45, 2.75) is 18.5 Å². The zero-order chi connectivity index (χ0) is 13.8. The Balaban J connectivity index is 3.55. The predicted molar refractivity (Wildman–Crippen MR) is 87.4 cm³/mol. The second-order valence-electron chi connectivity index (χ2n) is 3.75. The van der Waals surface area contributed by atoms with Crippen LogP contribution in [0.4, 0.5) is 0 Å². The van der Waals surface area contributed by atoms with Gasteiger partial charge in [-0.25, -0.2) is 0 Å². The molecule has 0 bridgehead atoms. The van der Waals surface area contributed by atoms with E-state index in [0.717, 1.165) is 5.56 Å². The van der Waals surface area contributed by atoms with Crippen molar-refractivity contribution in [3.63, 3.8) is 0 Å². The van der Waals surface area contributed by atoms with Crippen LogP contribution in [0.25, 0.3) is 0 Å². The molecule has 1 aromatic rings. The molecule has 0 aliphatic heterocycles. The summed E-state index contributed by atoms with van der Waals surface area (Å²) < 4.78 is -2.13. The Morgan fingerprint density at radius 1 is 1.33 bits per heavy atom. The van der Waals surface area contributed by atoms with Gasteiger partial charge in [-0.15, -0.1) is 22.8 Å². The molecule has 0 radical (unpaired) electrons. The number of rotatable bonds is 6. The van der Waals surface area contributed by atoms with E-state index in [1.54, 1.807) is 0 Å². The third kappa shape index (κ3) is 2.51. The summed E-state index contributed by atoms with van der Waals surface area (Å²) in [5.41, 5.74) is 0.826. The largest absolute Gasteiger partial charge is 0.480 e. The summed E-state index contributed by atoms with van der Waals surface area (Å²) in [7, 11) is 0. The SMILES string of the molecule is CCC(C(=O)O)(c1ccccc1)P(=S)(SC)SC. The first kappa shape index (κ1) is 16.1. The van der Waals surface area contributed by atoms with Gasteiger partial charge in [-0.1, -0.05) is 49.1 Å². The monoisotopic (exact) mass is 320 g/mol. The fourth-order valence-corrected chi connectivity index (χ4v) is 10.4. The third-order valence-electron chi connectivity index (χ3n) is 3.07. The van der Waals surface area contributed by atoms with Crippen molar-refractivity contribution >= 4 is 45.0 Å². The van der Waals surface area contributed by atoms with E-state index in [4.69, 9.17) is 11.8 Å². The number of aliphatic carboxylic acids is 1. The van der Waals surface area contributed by atoms with Crippen LogP contribution in [0.2, 0.25) is 0 Å². The van der Waals surface area contributed by atoms with E-state index in [2.05, 4.69) is 0 Å². The highest BCUT2D eigenvalue weighted by Gasteiger charge is 2.50. The molecule has 0 fully saturated rings. The van der Waals surface area contributed by atoms with E-state index in [1.165, 1.54) is 22.8 Å². The standard InChI is InChI=1S/C12H17O2PS3/c1-4-12(11(13)14,15(16,17-2)18-3)10-8-6-5-7-9-10/h5-9H,4H2,1-3H3,(H,13,14). The molecule has 6 heteroatoms. The van der Waals surface area contributed by atoms with Crippen LogP contribution in [-0.2, 0) is 21.8 Å². The Morgan fingerprint density at radius 3 is 2.17 bits per heavy atom. The van der Waals surface area contributed by atoms with Gasteiger partial charge in [0.05, 0.1) is 4.44 Å². The molecule has 2 nitrogen and oxygen atoms in total. The molecule has 100 valence electrons. The summed E-state index contributed by atoms with van der Waals surface area (Å²) in [4.78, 5) is 12.0. The van der Waals surface area contributed by atoms with Crippen LogP contribution in [0.3, 0.4) is 0 Å². The fourth-order valence-electron chi connectivity index (χ4n) is 2.05. The molecule has 0 saturated heterocycles. The molecule has 0 heterocycles. The average molecular weight is 320 g/mol. The van der Waals surface area contributed by atoms with E-state index >= 15 is 0 Å². The van der Waals surface area contributed by atoms with Gasteiger partial charge in [0.25, 0.3) is 0 Å². The van der Waals surface area contributed by atoms with Crippen molar-refractivity contribution in [3.8, 4) is 0 Å². The van der Waals surface area contributed by atoms with Gasteiger partial charge < -0.3 is 5.11 Å². The fraction of sp³-hybridized carbons (Fsp3) is 0.417. The van der Waals surface area contributed by atoms with Crippen LogP contribution in [0.5, 0.6) is 0 Å². The molecule has 1 unspecified atom stereocenters. The molecule has 0 aromatic heterocycles. The lowest BCUT2D eigenvalue weighted by Crippen LogP contribution is -2.33. The normalized spacial score (nSPS) is 15.1. The highest BCUT2D eigenvalue weighted by Crippen LogP contribution is 2.79. The van der Waals surface area contributed by atoms with Gasteiger partial charge in [-0.05, 0) is 24.5 Å². The van der Waals surface area contributed by atoms with Gasteiger partial charge >= 0.3 is 5.97 Å². The van der Waals surface area contributed by atoms with Gasteiger partial charge in [-0.3, -0.25) is 4.79 Å². The van der Waals surface area contributed by atoms with Crippen molar-refractivity contribution in [2.24, 2.45) is 0 Å². The Bertz CT molecular complexity index is 456. The molecule has 1 atom stereocenters. The van der Waals surface area contributed by atoms with Gasteiger partial charge in [0.15, 0.2) is 0 Å². The lowest BCUT2D eigenvalue weighted by Gasteiger charge is -2.37. The summed E-state index contributed by atoms with van der Waals surface area (Å²) in [6.45, 7) is 1.91. The van der Waals surface area contributed by atoms with Crippen LogP contribution in [0.15, 0.2) is 30.3 Å².